The quantitative estimate of drug-likeness (QED) is 0.329. The first-order chi connectivity index (χ1) is 13.6. The van der Waals surface area contributed by atoms with Gasteiger partial charge in [-0.2, -0.15) is 0 Å². The summed E-state index contributed by atoms with van der Waals surface area (Å²) in [7, 11) is 0. The lowest BCUT2D eigenvalue weighted by atomic mass is 9.89. The molecule has 1 saturated carbocycles. The third-order valence-electron chi connectivity index (χ3n) is 5.58. The van der Waals surface area contributed by atoms with E-state index in [2.05, 4.69) is 64.0 Å². The zero-order valence-electron chi connectivity index (χ0n) is 17.6. The predicted octanol–water partition coefficient (Wildman–Crippen LogP) is 6.77. The van der Waals surface area contributed by atoms with Gasteiger partial charge in [-0.15, -0.1) is 0 Å². The molecule has 1 aromatic rings. The van der Waals surface area contributed by atoms with Gasteiger partial charge in [0.1, 0.15) is 0 Å². The van der Waals surface area contributed by atoms with Gasteiger partial charge in [0, 0.05) is 24.5 Å². The molecule has 1 amide bonds. The van der Waals surface area contributed by atoms with Crippen molar-refractivity contribution in [3.05, 3.63) is 52.3 Å². The number of rotatable bonds is 9. The summed E-state index contributed by atoms with van der Waals surface area (Å²) < 4.78 is 2.37. The average Bonchev–Trinajstić information content (AvgIpc) is 3.02. The molecule has 0 unspecified atom stereocenters. The van der Waals surface area contributed by atoms with E-state index in [0.29, 0.717) is 5.92 Å². The second-order valence-corrected chi connectivity index (χ2v) is 8.22. The van der Waals surface area contributed by atoms with Crippen LogP contribution in [0.25, 0.3) is 5.57 Å². The van der Waals surface area contributed by atoms with Crippen LogP contribution in [0.5, 0.6) is 0 Å². The zero-order chi connectivity index (χ0) is 20.4. The van der Waals surface area contributed by atoms with Gasteiger partial charge in [-0.05, 0) is 55.7 Å². The first-order valence-corrected chi connectivity index (χ1v) is 11.6. The normalized spacial score (nSPS) is 16.4. The molecule has 1 aliphatic rings. The Balaban J connectivity index is 2.41. The molecule has 0 bridgehead atoms. The van der Waals surface area contributed by atoms with Gasteiger partial charge in [0.2, 0.25) is 0 Å². The van der Waals surface area contributed by atoms with Crippen molar-refractivity contribution in [3.63, 3.8) is 0 Å². The number of nitrogens with zero attached hydrogens (tertiary/aromatic N) is 1. The SMILES string of the molecule is C\C=C/C(=C\C=C\Br)c1cc(C(=O)NCCCC)c(C)n1CC1CCCCC1. The largest absolute Gasteiger partial charge is 0.352 e. The number of hydrogen-bond acceptors (Lipinski definition) is 1. The summed E-state index contributed by atoms with van der Waals surface area (Å²) >= 11 is 3.36. The fourth-order valence-corrected chi connectivity index (χ4v) is 4.15. The van der Waals surface area contributed by atoms with Gasteiger partial charge in [0.25, 0.3) is 5.91 Å². The monoisotopic (exact) mass is 446 g/mol. The van der Waals surface area contributed by atoms with Crippen LogP contribution in [0.3, 0.4) is 0 Å². The van der Waals surface area contributed by atoms with Crippen LogP contribution in [0.2, 0.25) is 0 Å². The van der Waals surface area contributed by atoms with Crippen LogP contribution in [-0.4, -0.2) is 17.0 Å². The number of nitrogens with one attached hydrogen (secondary N) is 1. The van der Waals surface area contributed by atoms with Crippen LogP contribution in [0.15, 0.2) is 35.4 Å². The number of carbonyl (C=O) groups excluding carboxylic acids is 1. The van der Waals surface area contributed by atoms with Crippen molar-refractivity contribution >= 4 is 27.4 Å². The highest BCUT2D eigenvalue weighted by Gasteiger charge is 2.22. The van der Waals surface area contributed by atoms with Gasteiger partial charge in [0.15, 0.2) is 0 Å². The minimum Gasteiger partial charge on any atom is -0.352 e. The predicted molar refractivity (Wildman–Crippen MR) is 124 cm³/mol. The van der Waals surface area contributed by atoms with Gasteiger partial charge in [-0.3, -0.25) is 4.79 Å². The molecule has 0 aromatic carbocycles. The summed E-state index contributed by atoms with van der Waals surface area (Å²) in [5, 5.41) is 3.09. The minimum atomic E-state index is 0.0467. The van der Waals surface area contributed by atoms with Crippen molar-refractivity contribution in [1.82, 2.24) is 9.88 Å². The van der Waals surface area contributed by atoms with E-state index in [9.17, 15) is 4.79 Å². The first-order valence-electron chi connectivity index (χ1n) is 10.7. The number of carbonyl (C=O) groups is 1. The smallest absolute Gasteiger partial charge is 0.253 e. The second kappa shape index (κ2) is 12.1. The van der Waals surface area contributed by atoms with Crippen LogP contribution < -0.4 is 5.32 Å². The fourth-order valence-electron chi connectivity index (χ4n) is 4.00. The van der Waals surface area contributed by atoms with Crippen molar-refractivity contribution in [3.8, 4) is 0 Å². The number of aromatic nitrogens is 1. The van der Waals surface area contributed by atoms with Gasteiger partial charge in [-0.1, -0.05) is 72.8 Å². The van der Waals surface area contributed by atoms with Crippen molar-refractivity contribution in [2.45, 2.75) is 72.3 Å². The highest BCUT2D eigenvalue weighted by atomic mass is 79.9. The Hall–Kier alpha value is -1.55. The van der Waals surface area contributed by atoms with E-state index in [-0.39, 0.29) is 5.91 Å². The third-order valence-corrected chi connectivity index (χ3v) is 5.89. The molecule has 4 heteroatoms. The lowest BCUT2D eigenvalue weighted by molar-refractivity contribution is 0.0952. The molecule has 1 aromatic heterocycles. The average molecular weight is 447 g/mol. The van der Waals surface area contributed by atoms with Crippen molar-refractivity contribution < 1.29 is 4.79 Å². The van der Waals surface area contributed by atoms with Crippen LogP contribution in [0.1, 0.15) is 80.5 Å². The maximum Gasteiger partial charge on any atom is 0.253 e. The van der Waals surface area contributed by atoms with E-state index in [4.69, 9.17) is 0 Å². The van der Waals surface area contributed by atoms with E-state index in [0.717, 1.165) is 48.5 Å². The summed E-state index contributed by atoms with van der Waals surface area (Å²) in [6, 6.07) is 2.08. The van der Waals surface area contributed by atoms with E-state index >= 15 is 0 Å². The molecular formula is C24H35BrN2O. The molecule has 1 fully saturated rings. The van der Waals surface area contributed by atoms with Crippen molar-refractivity contribution in [2.75, 3.05) is 6.54 Å². The molecule has 28 heavy (non-hydrogen) atoms. The molecule has 0 spiro atoms. The Kier molecular flexibility index (Phi) is 9.83. The van der Waals surface area contributed by atoms with Gasteiger partial charge < -0.3 is 9.88 Å². The number of unbranched alkanes of at least 4 members (excludes halogenated alkanes) is 1. The minimum absolute atomic E-state index is 0.0467. The van der Waals surface area contributed by atoms with Crippen LogP contribution in [0, 0.1) is 12.8 Å². The second-order valence-electron chi connectivity index (χ2n) is 7.69. The van der Waals surface area contributed by atoms with Crippen LogP contribution in [0.4, 0.5) is 0 Å². The Morgan fingerprint density at radius 3 is 2.71 bits per heavy atom. The topological polar surface area (TPSA) is 34.0 Å². The van der Waals surface area contributed by atoms with Crippen LogP contribution in [-0.2, 0) is 6.54 Å². The van der Waals surface area contributed by atoms with Crippen LogP contribution >= 0.6 is 15.9 Å². The lowest BCUT2D eigenvalue weighted by Crippen LogP contribution is -2.25. The van der Waals surface area contributed by atoms with E-state index in [1.54, 1.807) is 0 Å². The van der Waals surface area contributed by atoms with Gasteiger partial charge in [-0.25, -0.2) is 0 Å². The summed E-state index contributed by atoms with van der Waals surface area (Å²) in [5.74, 6) is 0.749. The van der Waals surface area contributed by atoms with E-state index < -0.39 is 0 Å². The summed E-state index contributed by atoms with van der Waals surface area (Å²) in [6.07, 6.45) is 17.0. The third kappa shape index (κ3) is 6.23. The maximum atomic E-state index is 12.8. The van der Waals surface area contributed by atoms with E-state index in [1.165, 1.54) is 32.1 Å². The number of amides is 1. The summed E-state index contributed by atoms with van der Waals surface area (Å²) in [4.78, 5) is 14.7. The molecular weight excluding hydrogens is 412 g/mol. The van der Waals surface area contributed by atoms with Gasteiger partial charge in [0.05, 0.1) is 5.56 Å². The number of hydrogen-bond donors (Lipinski definition) is 1. The Bertz CT molecular complexity index is 721. The van der Waals surface area contributed by atoms with Crippen molar-refractivity contribution in [2.24, 2.45) is 5.92 Å². The Morgan fingerprint density at radius 2 is 2.07 bits per heavy atom. The molecule has 0 radical (unpaired) electrons. The summed E-state index contributed by atoms with van der Waals surface area (Å²) in [6.45, 7) is 8.00. The molecule has 0 saturated heterocycles. The molecule has 1 aliphatic carbocycles. The maximum absolute atomic E-state index is 12.8. The van der Waals surface area contributed by atoms with E-state index in [1.807, 2.05) is 18.0 Å². The molecule has 0 atom stereocenters. The highest BCUT2D eigenvalue weighted by molar-refractivity contribution is 9.11. The fraction of sp³-hybridized carbons (Fsp3) is 0.542. The molecule has 2 rings (SSSR count). The zero-order valence-corrected chi connectivity index (χ0v) is 19.2. The molecule has 1 N–H and O–H groups in total. The van der Waals surface area contributed by atoms with Crippen molar-refractivity contribution in [1.29, 1.82) is 0 Å². The first kappa shape index (κ1) is 22.7. The lowest BCUT2D eigenvalue weighted by Gasteiger charge is -2.24. The standard InChI is InChI=1S/C24H35BrN2O/c1-4-6-16-26-24(28)22-17-23(21(11-5-2)14-10-15-25)27(19(22)3)18-20-12-8-7-9-13-20/h5,10-11,14-15,17,20H,4,6-9,12-13,16,18H2,1-3H3,(H,26,28)/b11-5-,15-10+,21-14+. The highest BCUT2D eigenvalue weighted by Crippen LogP contribution is 2.30. The number of allylic oxidation sites excluding steroid dienone is 5. The number of halogens is 1. The molecule has 3 nitrogen and oxygen atoms in total. The molecule has 0 aliphatic heterocycles. The molecule has 1 heterocycles. The Labute approximate surface area is 179 Å². The Morgan fingerprint density at radius 1 is 1.32 bits per heavy atom. The molecule has 154 valence electrons. The van der Waals surface area contributed by atoms with Gasteiger partial charge >= 0.3 is 0 Å². The summed E-state index contributed by atoms with van der Waals surface area (Å²) in [5.41, 5.74) is 4.14.